The van der Waals surface area contributed by atoms with Gasteiger partial charge in [0.15, 0.2) is 0 Å². The Labute approximate surface area is 163 Å². The van der Waals surface area contributed by atoms with E-state index >= 15 is 0 Å². The quantitative estimate of drug-likeness (QED) is 0.701. The van der Waals surface area contributed by atoms with Crippen molar-refractivity contribution in [3.05, 3.63) is 75.8 Å². The fourth-order valence-electron chi connectivity index (χ4n) is 3.59. The number of benzene rings is 2. The Bertz CT molecular complexity index is 1110. The van der Waals surface area contributed by atoms with Crippen LogP contribution in [0.3, 0.4) is 0 Å². The van der Waals surface area contributed by atoms with Gasteiger partial charge in [-0.1, -0.05) is 36.8 Å². The highest BCUT2D eigenvalue weighted by Gasteiger charge is 2.14. The first kappa shape index (κ1) is 18.2. The summed E-state index contributed by atoms with van der Waals surface area (Å²) in [5, 5.41) is 3.44. The number of carbonyl (C=O) groups is 1. The number of aryl methyl sites for hydroxylation is 1. The first-order valence-corrected chi connectivity index (χ1v) is 9.70. The maximum atomic E-state index is 12.9. The lowest BCUT2D eigenvalue weighted by Gasteiger charge is -2.11. The molecule has 0 unspecified atom stereocenters. The number of hydrogen-bond donors (Lipinski definition) is 1. The molecule has 0 aliphatic carbocycles. The molecule has 1 amide bonds. The van der Waals surface area contributed by atoms with Crippen molar-refractivity contribution in [2.75, 3.05) is 5.32 Å². The van der Waals surface area contributed by atoms with Crippen molar-refractivity contribution in [2.45, 2.75) is 39.2 Å². The number of carbonyl (C=O) groups excluding carboxylic acids is 1. The predicted molar refractivity (Wildman–Crippen MR) is 112 cm³/mol. The predicted octanol–water partition coefficient (Wildman–Crippen LogP) is 4.16. The summed E-state index contributed by atoms with van der Waals surface area (Å²) in [4.78, 5) is 30.2. The lowest BCUT2D eigenvalue weighted by molar-refractivity contribution is -0.112. The van der Waals surface area contributed by atoms with E-state index in [4.69, 9.17) is 0 Å². The first-order valence-electron chi connectivity index (χ1n) is 9.70. The van der Waals surface area contributed by atoms with Crippen LogP contribution in [0.4, 0.5) is 5.69 Å². The van der Waals surface area contributed by atoms with Crippen LogP contribution in [0.15, 0.2) is 58.9 Å². The topological polar surface area (TPSA) is 64.0 Å². The third-order valence-electron chi connectivity index (χ3n) is 5.11. The van der Waals surface area contributed by atoms with Crippen molar-refractivity contribution in [2.24, 2.45) is 0 Å². The molecule has 0 fully saturated rings. The zero-order valence-corrected chi connectivity index (χ0v) is 15.9. The van der Waals surface area contributed by atoms with E-state index in [1.807, 2.05) is 42.5 Å². The SMILES string of the molecule is C/C(=C/c1ccccc1)C(=O)Nc1ccc2nc3n(c(=O)c2c1)CCCCC3. The van der Waals surface area contributed by atoms with Crippen molar-refractivity contribution < 1.29 is 4.79 Å². The summed E-state index contributed by atoms with van der Waals surface area (Å²) >= 11 is 0. The van der Waals surface area contributed by atoms with E-state index < -0.39 is 0 Å². The fraction of sp³-hybridized carbons (Fsp3) is 0.261. The minimum absolute atomic E-state index is 0.0189. The molecular weight excluding hydrogens is 350 g/mol. The maximum absolute atomic E-state index is 12.9. The third-order valence-corrected chi connectivity index (χ3v) is 5.11. The van der Waals surface area contributed by atoms with Gasteiger partial charge in [0.05, 0.1) is 10.9 Å². The van der Waals surface area contributed by atoms with Crippen LogP contribution in [-0.4, -0.2) is 15.5 Å². The summed E-state index contributed by atoms with van der Waals surface area (Å²) < 4.78 is 1.79. The van der Waals surface area contributed by atoms with Gasteiger partial charge in [0.2, 0.25) is 0 Å². The van der Waals surface area contributed by atoms with E-state index in [-0.39, 0.29) is 11.5 Å². The Balaban J connectivity index is 1.63. The summed E-state index contributed by atoms with van der Waals surface area (Å²) in [5.74, 6) is 0.680. The average molecular weight is 373 g/mol. The molecule has 2 aromatic carbocycles. The monoisotopic (exact) mass is 373 g/mol. The number of rotatable bonds is 3. The van der Waals surface area contributed by atoms with Gasteiger partial charge in [-0.05, 0) is 49.6 Å². The van der Waals surface area contributed by atoms with E-state index in [0.29, 0.717) is 28.7 Å². The number of anilines is 1. The lowest BCUT2D eigenvalue weighted by atomic mass is 10.1. The largest absolute Gasteiger partial charge is 0.322 e. The number of fused-ring (bicyclic) bond motifs is 2. The van der Waals surface area contributed by atoms with Crippen LogP contribution in [0.5, 0.6) is 0 Å². The zero-order valence-electron chi connectivity index (χ0n) is 15.9. The van der Waals surface area contributed by atoms with Crippen molar-refractivity contribution in [3.63, 3.8) is 0 Å². The Morgan fingerprint density at radius 1 is 1.11 bits per heavy atom. The van der Waals surface area contributed by atoms with E-state index in [0.717, 1.165) is 37.1 Å². The molecule has 1 N–H and O–H groups in total. The molecule has 1 aliphatic heterocycles. The molecule has 1 aliphatic rings. The molecule has 2 heterocycles. The van der Waals surface area contributed by atoms with Crippen LogP contribution < -0.4 is 10.9 Å². The van der Waals surface area contributed by atoms with Crippen molar-refractivity contribution >= 4 is 28.6 Å². The summed E-state index contributed by atoms with van der Waals surface area (Å²) in [6.45, 7) is 2.49. The normalized spacial score (nSPS) is 14.4. The number of amides is 1. The van der Waals surface area contributed by atoms with Gasteiger partial charge in [0.25, 0.3) is 11.5 Å². The minimum atomic E-state index is -0.189. The molecule has 3 aromatic rings. The zero-order chi connectivity index (χ0) is 19.5. The molecule has 0 bridgehead atoms. The second kappa shape index (κ2) is 7.80. The van der Waals surface area contributed by atoms with Crippen LogP contribution in [0, 0.1) is 0 Å². The van der Waals surface area contributed by atoms with Crippen LogP contribution in [0.25, 0.3) is 17.0 Å². The highest BCUT2D eigenvalue weighted by Crippen LogP contribution is 2.19. The highest BCUT2D eigenvalue weighted by atomic mass is 16.1. The molecule has 28 heavy (non-hydrogen) atoms. The van der Waals surface area contributed by atoms with Gasteiger partial charge in [0.1, 0.15) is 5.82 Å². The Morgan fingerprint density at radius 2 is 1.93 bits per heavy atom. The molecule has 5 heteroatoms. The summed E-state index contributed by atoms with van der Waals surface area (Å²) in [7, 11) is 0. The summed E-state index contributed by atoms with van der Waals surface area (Å²) in [6.07, 6.45) is 5.87. The summed E-state index contributed by atoms with van der Waals surface area (Å²) in [6, 6.07) is 15.1. The molecule has 0 saturated carbocycles. The summed E-state index contributed by atoms with van der Waals surface area (Å²) in [5.41, 5.74) is 2.84. The number of aromatic nitrogens is 2. The third kappa shape index (κ3) is 3.74. The number of hydrogen-bond acceptors (Lipinski definition) is 3. The molecule has 4 rings (SSSR count). The Morgan fingerprint density at radius 3 is 2.75 bits per heavy atom. The highest BCUT2D eigenvalue weighted by molar-refractivity contribution is 6.06. The van der Waals surface area contributed by atoms with Gasteiger partial charge in [-0.2, -0.15) is 0 Å². The van der Waals surface area contributed by atoms with E-state index in [1.165, 1.54) is 0 Å². The molecule has 0 radical (unpaired) electrons. The van der Waals surface area contributed by atoms with Gasteiger partial charge >= 0.3 is 0 Å². The Kier molecular flexibility index (Phi) is 5.06. The van der Waals surface area contributed by atoms with Crippen LogP contribution in [0.2, 0.25) is 0 Å². The fourth-order valence-corrected chi connectivity index (χ4v) is 3.59. The second-order valence-electron chi connectivity index (χ2n) is 7.22. The average Bonchev–Trinajstić information content (AvgIpc) is 2.95. The molecule has 0 spiro atoms. The molecule has 1 aromatic heterocycles. The van der Waals surface area contributed by atoms with Gasteiger partial charge in [-0.15, -0.1) is 0 Å². The molecule has 142 valence electrons. The van der Waals surface area contributed by atoms with Crippen LogP contribution in [-0.2, 0) is 17.8 Å². The molecule has 0 atom stereocenters. The van der Waals surface area contributed by atoms with Crippen molar-refractivity contribution in [3.8, 4) is 0 Å². The van der Waals surface area contributed by atoms with Crippen molar-refractivity contribution in [1.82, 2.24) is 9.55 Å². The van der Waals surface area contributed by atoms with Crippen LogP contribution in [0.1, 0.15) is 37.6 Å². The lowest BCUT2D eigenvalue weighted by Crippen LogP contribution is -2.24. The number of nitrogens with one attached hydrogen (secondary N) is 1. The van der Waals surface area contributed by atoms with Crippen molar-refractivity contribution in [1.29, 1.82) is 0 Å². The van der Waals surface area contributed by atoms with E-state index in [9.17, 15) is 9.59 Å². The van der Waals surface area contributed by atoms with E-state index in [2.05, 4.69) is 10.3 Å². The van der Waals surface area contributed by atoms with E-state index in [1.54, 1.807) is 23.6 Å². The molecule has 0 saturated heterocycles. The standard InChI is InChI=1S/C23H23N3O2/c1-16(14-17-8-4-2-5-9-17)22(27)24-18-11-12-20-19(15-18)23(28)26-13-7-3-6-10-21(26)25-20/h2,4-5,8-9,11-12,14-15H,3,6-7,10,13H2,1H3,(H,24,27)/b16-14-. The smallest absolute Gasteiger partial charge is 0.261 e. The maximum Gasteiger partial charge on any atom is 0.261 e. The second-order valence-corrected chi connectivity index (χ2v) is 7.22. The first-order chi connectivity index (χ1) is 13.6. The van der Waals surface area contributed by atoms with Crippen LogP contribution >= 0.6 is 0 Å². The number of nitrogens with zero attached hydrogens (tertiary/aromatic N) is 2. The molecule has 5 nitrogen and oxygen atoms in total. The minimum Gasteiger partial charge on any atom is -0.322 e. The van der Waals surface area contributed by atoms with Gasteiger partial charge in [-0.25, -0.2) is 4.98 Å². The van der Waals surface area contributed by atoms with Gasteiger partial charge in [0, 0.05) is 24.2 Å². The molecular formula is C23H23N3O2. The van der Waals surface area contributed by atoms with Gasteiger partial charge < -0.3 is 5.32 Å². The van der Waals surface area contributed by atoms with Gasteiger partial charge in [-0.3, -0.25) is 14.2 Å². The Hall–Kier alpha value is -3.21.